The zero-order valence-corrected chi connectivity index (χ0v) is 26.4. The summed E-state index contributed by atoms with van der Waals surface area (Å²) in [4.78, 5) is 44.0. The van der Waals surface area contributed by atoms with E-state index in [9.17, 15) is 14.0 Å². The molecule has 0 N–H and O–H groups in total. The Morgan fingerprint density at radius 1 is 1.11 bits per heavy atom. The van der Waals surface area contributed by atoms with Gasteiger partial charge in [-0.1, -0.05) is 17.7 Å². The molecule has 0 atom stereocenters. The van der Waals surface area contributed by atoms with Crippen LogP contribution in [0.15, 0.2) is 59.5 Å². The highest BCUT2D eigenvalue weighted by molar-refractivity contribution is 6.30. The number of piperazine rings is 1. The number of esters is 1. The first-order valence-electron chi connectivity index (χ1n) is 14.4. The maximum absolute atomic E-state index is 14.4. The summed E-state index contributed by atoms with van der Waals surface area (Å²) in [5, 5.41) is 0.784. The largest absolute Gasteiger partial charge is 0.465 e. The number of carbonyl (C=O) groups excluding carboxylic acids is 2. The lowest BCUT2D eigenvalue weighted by Gasteiger charge is -2.47. The minimum atomic E-state index is -0.567. The smallest absolute Gasteiger partial charge is 0.339 e. The van der Waals surface area contributed by atoms with Crippen molar-refractivity contribution in [2.75, 3.05) is 31.6 Å². The molecule has 1 aromatic carbocycles. The molecule has 0 unspecified atom stereocenters. The number of benzene rings is 1. The van der Waals surface area contributed by atoms with Crippen LogP contribution in [0.3, 0.4) is 0 Å². The Bertz CT molecular complexity index is 1910. The third-order valence-electron chi connectivity index (χ3n) is 8.21. The van der Waals surface area contributed by atoms with Gasteiger partial charge in [0.1, 0.15) is 35.8 Å². The van der Waals surface area contributed by atoms with Crippen LogP contribution in [-0.4, -0.2) is 68.6 Å². The van der Waals surface area contributed by atoms with Crippen molar-refractivity contribution in [1.29, 1.82) is 0 Å². The molecule has 1 aliphatic heterocycles. The van der Waals surface area contributed by atoms with Gasteiger partial charge in [-0.25, -0.2) is 24.1 Å². The molecule has 1 aliphatic rings. The Morgan fingerprint density at radius 3 is 2.58 bits per heavy atom. The predicted octanol–water partition coefficient (Wildman–Crippen LogP) is 6.07. The molecule has 0 radical (unpaired) electrons. The number of methoxy groups -OCH3 is 1. The van der Waals surface area contributed by atoms with E-state index in [-0.39, 0.29) is 23.2 Å². The number of aromatic nitrogens is 4. The summed E-state index contributed by atoms with van der Waals surface area (Å²) < 4.78 is 26.7. The molecule has 1 fully saturated rings. The van der Waals surface area contributed by atoms with Gasteiger partial charge in [0.15, 0.2) is 0 Å². The van der Waals surface area contributed by atoms with E-state index in [2.05, 4.69) is 9.88 Å². The second-order valence-electron chi connectivity index (χ2n) is 11.7. The maximum atomic E-state index is 14.4. The average molecular weight is 631 g/mol. The first-order valence-corrected chi connectivity index (χ1v) is 14.8. The highest BCUT2D eigenvalue weighted by atomic mass is 35.5. The minimum Gasteiger partial charge on any atom is -0.465 e. The molecule has 1 saturated heterocycles. The van der Waals surface area contributed by atoms with Gasteiger partial charge >= 0.3 is 5.97 Å². The number of pyridine rings is 2. The van der Waals surface area contributed by atoms with Crippen LogP contribution in [0.25, 0.3) is 22.2 Å². The van der Waals surface area contributed by atoms with Gasteiger partial charge in [0.05, 0.1) is 35.1 Å². The van der Waals surface area contributed by atoms with E-state index in [1.807, 2.05) is 48.6 Å². The number of nitrogens with zero attached hydrogens (tertiary/aromatic N) is 6. The van der Waals surface area contributed by atoms with Crippen molar-refractivity contribution < 1.29 is 23.1 Å². The molecule has 5 heterocycles. The normalized spacial score (nSPS) is 14.6. The molecule has 6 rings (SSSR count). The third kappa shape index (κ3) is 5.64. The highest BCUT2D eigenvalue weighted by Gasteiger charge is 2.38. The summed E-state index contributed by atoms with van der Waals surface area (Å²) in [7, 11) is 1.35. The second-order valence-corrected chi connectivity index (χ2v) is 12.1. The molecule has 0 spiro atoms. The van der Waals surface area contributed by atoms with Crippen molar-refractivity contribution in [2.45, 2.75) is 39.8 Å². The molecule has 1 amide bonds. The SMILES string of the molecule is COC(=O)c1c(C)cc(N2CCN(C(=O)c3ccc4c(-c5ccc(Cl)c(F)c5)cn(Cc5ncco5)c4n3)C(C)(C)C2)nc1C. The van der Waals surface area contributed by atoms with Crippen molar-refractivity contribution in [2.24, 2.45) is 0 Å². The number of anilines is 1. The summed E-state index contributed by atoms with van der Waals surface area (Å²) in [5.74, 6) is 0.0705. The number of fused-ring (bicyclic) bond motifs is 1. The maximum Gasteiger partial charge on any atom is 0.339 e. The molecule has 0 aliphatic carbocycles. The fourth-order valence-electron chi connectivity index (χ4n) is 6.02. The number of amides is 1. The summed E-state index contributed by atoms with van der Waals surface area (Å²) in [5.41, 5.74) is 3.48. The highest BCUT2D eigenvalue weighted by Crippen LogP contribution is 2.34. The Kier molecular flexibility index (Phi) is 7.82. The lowest BCUT2D eigenvalue weighted by Crippen LogP contribution is -2.61. The number of ether oxygens (including phenoxy) is 1. The predicted molar refractivity (Wildman–Crippen MR) is 168 cm³/mol. The lowest BCUT2D eigenvalue weighted by atomic mass is 9.97. The van der Waals surface area contributed by atoms with Crippen molar-refractivity contribution in [1.82, 2.24) is 24.4 Å². The number of hydrogen-bond acceptors (Lipinski definition) is 8. The van der Waals surface area contributed by atoms with E-state index in [4.69, 9.17) is 30.7 Å². The standard InChI is InChI=1S/C33H32ClFN6O4/c1-19-14-27(37-20(2)29(19)32(43)44-5)39-11-12-41(33(3,4)18-39)31(42)26-9-7-22-23(21-6-8-24(34)25(35)15-21)16-40(30(22)38-26)17-28-36-10-13-45-28/h6-10,13-16H,11-12,17-18H2,1-5H3. The lowest BCUT2D eigenvalue weighted by molar-refractivity contribution is 0.0506. The van der Waals surface area contributed by atoms with Crippen LogP contribution in [0.2, 0.25) is 5.02 Å². The van der Waals surface area contributed by atoms with E-state index < -0.39 is 17.3 Å². The first kappa shape index (κ1) is 30.3. The quantitative estimate of drug-likeness (QED) is 0.208. The third-order valence-corrected chi connectivity index (χ3v) is 8.51. The van der Waals surface area contributed by atoms with Crippen LogP contribution < -0.4 is 4.90 Å². The average Bonchev–Trinajstić information content (AvgIpc) is 3.65. The van der Waals surface area contributed by atoms with Gasteiger partial charge in [-0.05, 0) is 69.2 Å². The second kappa shape index (κ2) is 11.6. The summed E-state index contributed by atoms with van der Waals surface area (Å²) in [6, 6.07) is 10.1. The van der Waals surface area contributed by atoms with E-state index >= 15 is 0 Å². The van der Waals surface area contributed by atoms with E-state index in [1.165, 1.54) is 25.5 Å². The zero-order valence-electron chi connectivity index (χ0n) is 25.6. The Labute approximate surface area is 264 Å². The van der Waals surface area contributed by atoms with Gasteiger partial charge in [0.25, 0.3) is 5.91 Å². The van der Waals surface area contributed by atoms with Crippen molar-refractivity contribution in [3.8, 4) is 11.1 Å². The zero-order chi connectivity index (χ0) is 32.0. The number of aryl methyl sites for hydroxylation is 2. The van der Waals surface area contributed by atoms with E-state index in [0.29, 0.717) is 48.0 Å². The monoisotopic (exact) mass is 630 g/mol. The number of carbonyl (C=O) groups is 2. The van der Waals surface area contributed by atoms with Crippen molar-refractivity contribution >= 4 is 40.3 Å². The summed E-state index contributed by atoms with van der Waals surface area (Å²) >= 11 is 5.94. The fraction of sp³-hybridized carbons (Fsp3) is 0.303. The van der Waals surface area contributed by atoms with Gasteiger partial charge in [-0.3, -0.25) is 4.79 Å². The molecule has 10 nitrogen and oxygen atoms in total. The topological polar surface area (TPSA) is 107 Å². The molecule has 4 aromatic heterocycles. The van der Waals surface area contributed by atoms with Crippen LogP contribution in [-0.2, 0) is 11.3 Å². The van der Waals surface area contributed by atoms with Crippen molar-refractivity contribution in [3.05, 3.63) is 94.3 Å². The Hall–Kier alpha value is -4.77. The molecule has 45 heavy (non-hydrogen) atoms. The van der Waals surface area contributed by atoms with Gasteiger partial charge in [0.2, 0.25) is 5.89 Å². The number of hydrogen-bond donors (Lipinski definition) is 0. The molecular formula is C33H32ClFN6O4. The number of halogens is 2. The van der Waals surface area contributed by atoms with Crippen LogP contribution in [0.4, 0.5) is 10.2 Å². The van der Waals surface area contributed by atoms with Gasteiger partial charge in [-0.2, -0.15) is 0 Å². The van der Waals surface area contributed by atoms with E-state index in [0.717, 1.165) is 22.3 Å². The van der Waals surface area contributed by atoms with Gasteiger partial charge < -0.3 is 23.5 Å². The molecule has 0 bridgehead atoms. The Morgan fingerprint density at radius 2 is 1.91 bits per heavy atom. The minimum absolute atomic E-state index is 0.0373. The molecular weight excluding hydrogens is 599 g/mol. The van der Waals surface area contributed by atoms with Crippen LogP contribution in [0.1, 0.15) is 51.8 Å². The fourth-order valence-corrected chi connectivity index (χ4v) is 6.14. The molecule has 5 aromatic rings. The van der Waals surface area contributed by atoms with Crippen molar-refractivity contribution in [3.63, 3.8) is 0 Å². The Balaban J connectivity index is 1.31. The van der Waals surface area contributed by atoms with E-state index in [1.54, 1.807) is 25.3 Å². The number of rotatable bonds is 6. The first-order chi connectivity index (χ1) is 21.5. The molecule has 0 saturated carbocycles. The van der Waals surface area contributed by atoms with Gasteiger partial charge in [0, 0.05) is 36.8 Å². The molecule has 232 valence electrons. The summed E-state index contributed by atoms with van der Waals surface area (Å²) in [6.07, 6.45) is 4.91. The number of oxazole rings is 1. The van der Waals surface area contributed by atoms with Crippen LogP contribution in [0.5, 0.6) is 0 Å². The van der Waals surface area contributed by atoms with Gasteiger partial charge in [-0.15, -0.1) is 0 Å². The van der Waals surface area contributed by atoms with Crippen LogP contribution >= 0.6 is 11.6 Å². The van der Waals surface area contributed by atoms with Crippen LogP contribution in [0, 0.1) is 19.7 Å². The molecule has 12 heteroatoms. The summed E-state index contributed by atoms with van der Waals surface area (Å²) in [6.45, 7) is 9.47.